The van der Waals surface area contributed by atoms with Gasteiger partial charge in [0.15, 0.2) is 0 Å². The van der Waals surface area contributed by atoms with Crippen LogP contribution in [-0.2, 0) is 27.0 Å². The lowest BCUT2D eigenvalue weighted by molar-refractivity contribution is -0.118. The summed E-state index contributed by atoms with van der Waals surface area (Å²) < 4.78 is 40.6. The van der Waals surface area contributed by atoms with E-state index in [1.54, 1.807) is 18.3 Å². The van der Waals surface area contributed by atoms with Crippen molar-refractivity contribution in [2.75, 3.05) is 0 Å². The topological polar surface area (TPSA) is 76.1 Å². The number of carbonyl (C=O) groups excluding carboxylic acids is 1. The molecule has 0 fully saturated rings. The van der Waals surface area contributed by atoms with Crippen molar-refractivity contribution in [3.8, 4) is 0 Å². The van der Waals surface area contributed by atoms with Crippen molar-refractivity contribution in [2.45, 2.75) is 51.7 Å². The highest BCUT2D eigenvalue weighted by Crippen LogP contribution is 2.29. The maximum atomic E-state index is 14.0. The van der Waals surface area contributed by atoms with Crippen LogP contribution in [0.1, 0.15) is 61.8 Å². The first-order valence-electron chi connectivity index (χ1n) is 8.83. The van der Waals surface area contributed by atoms with Crippen LogP contribution in [-0.4, -0.2) is 19.3 Å². The maximum absolute atomic E-state index is 14.0. The van der Waals surface area contributed by atoms with Gasteiger partial charge in [-0.3, -0.25) is 14.5 Å². The summed E-state index contributed by atoms with van der Waals surface area (Å²) >= 11 is 0. The third-order valence-corrected chi connectivity index (χ3v) is 5.47. The Balaban J connectivity index is 2.24. The van der Waals surface area contributed by atoms with E-state index in [1.807, 2.05) is 27.7 Å². The molecule has 2 rings (SSSR count). The summed E-state index contributed by atoms with van der Waals surface area (Å²) in [5.74, 6) is -1.30. The number of amides is 1. The zero-order chi connectivity index (χ0) is 20.2. The average molecular weight is 392 g/mol. The molecule has 2 aromatic rings. The predicted octanol–water partition coefficient (Wildman–Crippen LogP) is 3.66. The van der Waals surface area contributed by atoms with Crippen molar-refractivity contribution < 1.29 is 17.6 Å². The predicted molar refractivity (Wildman–Crippen MR) is 103 cm³/mol. The Hall–Kier alpha value is -2.28. The molecule has 0 radical (unpaired) electrons. The van der Waals surface area contributed by atoms with Gasteiger partial charge in [-0.25, -0.2) is 12.8 Å². The molecule has 1 aromatic heterocycles. The number of benzene rings is 1. The van der Waals surface area contributed by atoms with Crippen LogP contribution >= 0.6 is 0 Å². The summed E-state index contributed by atoms with van der Waals surface area (Å²) in [5, 5.41) is 0. The lowest BCUT2D eigenvalue weighted by atomic mass is 9.87. The molecular formula is C20H25FN2O3S. The highest BCUT2D eigenvalue weighted by molar-refractivity contribution is 7.89. The molecule has 0 spiro atoms. The number of sulfonamides is 1. The molecule has 1 amide bonds. The standard InChI is InChI=1S/C20H25FN2O3S/c1-13(2)17-8-16(21)9-18(14(3)4)19(17)10-20(24)23-27(25,26)12-15-6-5-7-22-11-15/h5-9,11,13-14H,10,12H2,1-4H3,(H,23,24). The van der Waals surface area contributed by atoms with E-state index in [-0.39, 0.29) is 29.8 Å². The number of carbonyl (C=O) groups is 1. The monoisotopic (exact) mass is 392 g/mol. The summed E-state index contributed by atoms with van der Waals surface area (Å²) in [5.41, 5.74) is 2.62. The summed E-state index contributed by atoms with van der Waals surface area (Å²) in [6.07, 6.45) is 2.87. The molecule has 0 unspecified atom stereocenters. The van der Waals surface area contributed by atoms with Crippen molar-refractivity contribution in [3.63, 3.8) is 0 Å². The van der Waals surface area contributed by atoms with E-state index in [0.29, 0.717) is 11.1 Å². The molecule has 0 bridgehead atoms. The van der Waals surface area contributed by atoms with Crippen molar-refractivity contribution in [1.82, 2.24) is 9.71 Å². The Morgan fingerprint density at radius 3 is 2.22 bits per heavy atom. The van der Waals surface area contributed by atoms with E-state index >= 15 is 0 Å². The van der Waals surface area contributed by atoms with Crippen molar-refractivity contribution >= 4 is 15.9 Å². The van der Waals surface area contributed by atoms with E-state index in [9.17, 15) is 17.6 Å². The van der Waals surface area contributed by atoms with E-state index in [4.69, 9.17) is 0 Å². The van der Waals surface area contributed by atoms with Crippen LogP contribution < -0.4 is 4.72 Å². The first-order valence-corrected chi connectivity index (χ1v) is 10.5. The summed E-state index contributed by atoms with van der Waals surface area (Å²) in [7, 11) is -3.84. The molecule has 1 N–H and O–H groups in total. The molecule has 0 aliphatic carbocycles. The fraction of sp³-hybridized carbons (Fsp3) is 0.400. The number of aromatic nitrogens is 1. The van der Waals surface area contributed by atoms with Gasteiger partial charge in [-0.2, -0.15) is 0 Å². The minimum absolute atomic E-state index is 0.00741. The minimum Gasteiger partial charge on any atom is -0.274 e. The first kappa shape index (κ1) is 21.0. The second-order valence-corrected chi connectivity index (χ2v) is 8.92. The molecule has 0 aliphatic heterocycles. The van der Waals surface area contributed by atoms with Crippen LogP contribution in [0.4, 0.5) is 4.39 Å². The highest BCUT2D eigenvalue weighted by Gasteiger charge is 2.21. The molecule has 5 nitrogen and oxygen atoms in total. The number of nitrogens with zero attached hydrogens (tertiary/aromatic N) is 1. The summed E-state index contributed by atoms with van der Waals surface area (Å²) in [4.78, 5) is 16.3. The van der Waals surface area contributed by atoms with Gasteiger partial charge in [-0.15, -0.1) is 0 Å². The zero-order valence-electron chi connectivity index (χ0n) is 16.0. The van der Waals surface area contributed by atoms with Gasteiger partial charge in [0.2, 0.25) is 15.9 Å². The van der Waals surface area contributed by atoms with Gasteiger partial charge in [0.25, 0.3) is 0 Å². The van der Waals surface area contributed by atoms with Gasteiger partial charge in [0, 0.05) is 12.4 Å². The van der Waals surface area contributed by atoms with Gasteiger partial charge in [-0.1, -0.05) is 33.8 Å². The Labute approximate surface area is 160 Å². The van der Waals surface area contributed by atoms with E-state index in [0.717, 1.165) is 11.1 Å². The third-order valence-electron chi connectivity index (χ3n) is 4.21. The van der Waals surface area contributed by atoms with Crippen molar-refractivity contribution in [3.05, 3.63) is 64.7 Å². The molecule has 27 heavy (non-hydrogen) atoms. The molecular weight excluding hydrogens is 367 g/mol. The van der Waals surface area contributed by atoms with E-state index in [1.165, 1.54) is 18.3 Å². The number of rotatable bonds is 7. The number of halogens is 1. The van der Waals surface area contributed by atoms with Gasteiger partial charge in [0.1, 0.15) is 5.82 Å². The van der Waals surface area contributed by atoms with Crippen LogP contribution in [0.5, 0.6) is 0 Å². The molecule has 7 heteroatoms. The Morgan fingerprint density at radius 2 is 1.74 bits per heavy atom. The maximum Gasteiger partial charge on any atom is 0.239 e. The molecule has 0 aliphatic rings. The fourth-order valence-electron chi connectivity index (χ4n) is 3.02. The highest BCUT2D eigenvalue weighted by atomic mass is 32.2. The molecule has 146 valence electrons. The lowest BCUT2D eigenvalue weighted by Gasteiger charge is -2.20. The number of hydrogen-bond acceptors (Lipinski definition) is 4. The zero-order valence-corrected chi connectivity index (χ0v) is 16.8. The molecule has 0 saturated carbocycles. The third kappa shape index (κ3) is 5.85. The van der Waals surface area contributed by atoms with Crippen LogP contribution in [0.15, 0.2) is 36.7 Å². The Kier molecular flexibility index (Phi) is 6.70. The minimum atomic E-state index is -3.84. The van der Waals surface area contributed by atoms with Gasteiger partial charge >= 0.3 is 0 Å². The van der Waals surface area contributed by atoms with Crippen LogP contribution in [0.25, 0.3) is 0 Å². The molecule has 1 aromatic carbocycles. The summed E-state index contributed by atoms with van der Waals surface area (Å²) in [6, 6.07) is 6.10. The largest absolute Gasteiger partial charge is 0.274 e. The quantitative estimate of drug-likeness (QED) is 0.780. The average Bonchev–Trinajstić information content (AvgIpc) is 2.55. The fourth-order valence-corrected chi connectivity index (χ4v) is 4.12. The van der Waals surface area contributed by atoms with Crippen molar-refractivity contribution in [1.29, 1.82) is 0 Å². The number of pyridine rings is 1. The molecule has 0 atom stereocenters. The smallest absolute Gasteiger partial charge is 0.239 e. The first-order chi connectivity index (χ1) is 12.6. The molecule has 1 heterocycles. The van der Waals surface area contributed by atoms with Gasteiger partial charge in [-0.05, 0) is 52.3 Å². The van der Waals surface area contributed by atoms with E-state index < -0.39 is 15.9 Å². The van der Waals surface area contributed by atoms with Crippen LogP contribution in [0.2, 0.25) is 0 Å². The molecule has 0 saturated heterocycles. The Morgan fingerprint density at radius 1 is 1.15 bits per heavy atom. The number of nitrogens with one attached hydrogen (secondary N) is 1. The summed E-state index contributed by atoms with van der Waals surface area (Å²) in [6.45, 7) is 7.66. The SMILES string of the molecule is CC(C)c1cc(F)cc(C(C)C)c1CC(=O)NS(=O)(=O)Cc1cccnc1. The van der Waals surface area contributed by atoms with E-state index in [2.05, 4.69) is 9.71 Å². The second-order valence-electron chi connectivity index (χ2n) is 7.19. The number of hydrogen-bond donors (Lipinski definition) is 1. The van der Waals surface area contributed by atoms with Crippen LogP contribution in [0.3, 0.4) is 0 Å². The lowest BCUT2D eigenvalue weighted by Crippen LogP contribution is -2.33. The Bertz CT molecular complexity index is 881. The second kappa shape index (κ2) is 8.61. The normalized spacial score (nSPS) is 11.8. The van der Waals surface area contributed by atoms with Gasteiger partial charge < -0.3 is 0 Å². The van der Waals surface area contributed by atoms with Crippen LogP contribution in [0, 0.1) is 5.82 Å². The van der Waals surface area contributed by atoms with Crippen molar-refractivity contribution in [2.24, 2.45) is 0 Å². The van der Waals surface area contributed by atoms with Gasteiger partial charge in [0.05, 0.1) is 12.2 Å².